The molecule has 1 aromatic carbocycles. The Morgan fingerprint density at radius 2 is 1.88 bits per heavy atom. The lowest BCUT2D eigenvalue weighted by Gasteiger charge is -2.26. The predicted octanol–water partition coefficient (Wildman–Crippen LogP) is 2.89. The standard InChI is InChI=1S/C18H22N6O2/c1-17(2,8-19)13-5-12(7-22-11-23-10-21)15(24-16(25)26)14(6-13)18(3,4)9-20/h5-6,10-11,24H,7H2,1-4H3,(H,25,26)(H2,21,22,23). The Labute approximate surface area is 152 Å². The van der Waals surface area contributed by atoms with Crippen LogP contribution in [0.3, 0.4) is 0 Å². The quantitative estimate of drug-likeness (QED) is 0.530. The molecule has 0 aliphatic rings. The molecular weight excluding hydrogens is 332 g/mol. The lowest BCUT2D eigenvalue weighted by molar-refractivity contribution is 0.209. The van der Waals surface area contributed by atoms with Crippen LogP contribution in [0.1, 0.15) is 44.4 Å². The van der Waals surface area contributed by atoms with E-state index in [1.807, 2.05) is 0 Å². The zero-order chi connectivity index (χ0) is 20.0. The molecule has 136 valence electrons. The van der Waals surface area contributed by atoms with Crippen molar-refractivity contribution in [2.45, 2.75) is 45.1 Å². The number of benzene rings is 1. The maximum absolute atomic E-state index is 11.3. The monoisotopic (exact) mass is 354 g/mol. The first-order valence-corrected chi connectivity index (χ1v) is 7.81. The maximum Gasteiger partial charge on any atom is 0.409 e. The molecule has 0 aliphatic heterocycles. The molecule has 1 amide bonds. The zero-order valence-electron chi connectivity index (χ0n) is 15.2. The highest BCUT2D eigenvalue weighted by Crippen LogP contribution is 2.37. The van der Waals surface area contributed by atoms with Crippen molar-refractivity contribution in [1.29, 1.82) is 10.5 Å². The van der Waals surface area contributed by atoms with E-state index in [4.69, 9.17) is 5.73 Å². The summed E-state index contributed by atoms with van der Waals surface area (Å²) in [7, 11) is 0. The molecule has 0 aliphatic carbocycles. The molecule has 0 radical (unpaired) electrons. The second-order valence-electron chi connectivity index (χ2n) is 6.72. The van der Waals surface area contributed by atoms with Gasteiger partial charge in [0.1, 0.15) is 6.34 Å². The first kappa shape index (κ1) is 20.7. The number of rotatable bonds is 6. The summed E-state index contributed by atoms with van der Waals surface area (Å²) in [5.41, 5.74) is 5.33. The smallest absolute Gasteiger partial charge is 0.409 e. The average molecular weight is 354 g/mol. The highest BCUT2D eigenvalue weighted by atomic mass is 16.4. The fourth-order valence-electron chi connectivity index (χ4n) is 2.28. The molecule has 0 spiro atoms. The summed E-state index contributed by atoms with van der Waals surface area (Å²) < 4.78 is 0. The molecule has 0 atom stereocenters. The van der Waals surface area contributed by atoms with E-state index >= 15 is 0 Å². The van der Waals surface area contributed by atoms with Crippen LogP contribution in [0.15, 0.2) is 22.1 Å². The molecule has 0 unspecified atom stereocenters. The van der Waals surface area contributed by atoms with Crippen LogP contribution in [0, 0.1) is 22.7 Å². The van der Waals surface area contributed by atoms with Crippen LogP contribution in [0.2, 0.25) is 0 Å². The number of hydrogen-bond donors (Lipinski definition) is 3. The van der Waals surface area contributed by atoms with E-state index in [0.717, 1.165) is 6.34 Å². The summed E-state index contributed by atoms with van der Waals surface area (Å²) in [5, 5.41) is 30.6. The van der Waals surface area contributed by atoms with E-state index in [2.05, 4.69) is 27.4 Å². The van der Waals surface area contributed by atoms with Gasteiger partial charge in [-0.05, 0) is 44.4 Å². The number of anilines is 1. The van der Waals surface area contributed by atoms with Crippen LogP contribution < -0.4 is 11.1 Å². The van der Waals surface area contributed by atoms with Gasteiger partial charge < -0.3 is 10.8 Å². The number of nitrogens with one attached hydrogen (secondary N) is 1. The molecule has 26 heavy (non-hydrogen) atoms. The number of aliphatic imine (C=N–C) groups is 2. The Bertz CT molecular complexity index is 825. The molecular formula is C18H22N6O2. The molecule has 0 fully saturated rings. The summed E-state index contributed by atoms with van der Waals surface area (Å²) in [4.78, 5) is 19.0. The molecule has 8 nitrogen and oxygen atoms in total. The van der Waals surface area contributed by atoms with Gasteiger partial charge in [-0.15, -0.1) is 0 Å². The minimum atomic E-state index is -1.25. The Balaban J connectivity index is 3.73. The van der Waals surface area contributed by atoms with Gasteiger partial charge in [-0.25, -0.2) is 9.79 Å². The number of nitriles is 2. The largest absolute Gasteiger partial charge is 0.465 e. The number of nitrogens with two attached hydrogens (primary N) is 1. The Kier molecular flexibility index (Phi) is 6.46. The van der Waals surface area contributed by atoms with Crippen LogP contribution in [-0.2, 0) is 17.4 Å². The Morgan fingerprint density at radius 1 is 1.27 bits per heavy atom. The summed E-state index contributed by atoms with van der Waals surface area (Å²) in [5.74, 6) is 0. The van der Waals surface area contributed by atoms with Crippen molar-refractivity contribution < 1.29 is 9.90 Å². The molecule has 1 rings (SSSR count). The van der Waals surface area contributed by atoms with Gasteiger partial charge in [-0.3, -0.25) is 10.3 Å². The lowest BCUT2D eigenvalue weighted by atomic mass is 9.78. The second-order valence-corrected chi connectivity index (χ2v) is 6.72. The van der Waals surface area contributed by atoms with Gasteiger partial charge in [0.05, 0.1) is 41.5 Å². The summed E-state index contributed by atoms with van der Waals surface area (Å²) in [6.07, 6.45) is 1.08. The minimum Gasteiger partial charge on any atom is -0.465 e. The average Bonchev–Trinajstić information content (AvgIpc) is 2.58. The first-order chi connectivity index (χ1) is 12.1. The third kappa shape index (κ3) is 4.81. The van der Waals surface area contributed by atoms with E-state index in [9.17, 15) is 20.4 Å². The molecule has 8 heteroatoms. The fraction of sp³-hybridized carbons (Fsp3) is 0.389. The van der Waals surface area contributed by atoms with Crippen LogP contribution in [0.4, 0.5) is 10.5 Å². The van der Waals surface area contributed by atoms with Gasteiger partial charge in [-0.1, -0.05) is 12.1 Å². The highest BCUT2D eigenvalue weighted by molar-refractivity contribution is 5.86. The maximum atomic E-state index is 11.3. The minimum absolute atomic E-state index is 0.108. The van der Waals surface area contributed by atoms with E-state index < -0.39 is 16.9 Å². The van der Waals surface area contributed by atoms with Crippen LogP contribution in [0.5, 0.6) is 0 Å². The van der Waals surface area contributed by atoms with Crippen molar-refractivity contribution >= 4 is 24.5 Å². The van der Waals surface area contributed by atoms with Crippen molar-refractivity contribution in [2.24, 2.45) is 15.7 Å². The highest BCUT2D eigenvalue weighted by Gasteiger charge is 2.30. The number of carboxylic acid groups (broad SMARTS) is 1. The van der Waals surface area contributed by atoms with Gasteiger partial charge >= 0.3 is 6.09 Å². The SMILES string of the molecule is CC(C)(C#N)c1cc(CN=CN=CN)c(NC(=O)O)c(C(C)(C)C#N)c1. The Hall–Kier alpha value is -3.39. The van der Waals surface area contributed by atoms with E-state index in [1.165, 1.54) is 6.34 Å². The third-order valence-electron chi connectivity index (χ3n) is 3.90. The van der Waals surface area contributed by atoms with E-state index in [0.29, 0.717) is 16.7 Å². The third-order valence-corrected chi connectivity index (χ3v) is 3.90. The fourth-order valence-corrected chi connectivity index (χ4v) is 2.28. The van der Waals surface area contributed by atoms with Gasteiger partial charge in [0.25, 0.3) is 0 Å². The van der Waals surface area contributed by atoms with Gasteiger partial charge in [0, 0.05) is 0 Å². The van der Waals surface area contributed by atoms with Crippen LogP contribution in [-0.4, -0.2) is 23.9 Å². The topological polar surface area (TPSA) is 148 Å². The van der Waals surface area contributed by atoms with E-state index in [1.54, 1.807) is 39.8 Å². The number of carbonyl (C=O) groups is 1. The van der Waals surface area contributed by atoms with Crippen molar-refractivity contribution in [3.63, 3.8) is 0 Å². The number of nitrogens with zero attached hydrogens (tertiary/aromatic N) is 4. The zero-order valence-corrected chi connectivity index (χ0v) is 15.2. The van der Waals surface area contributed by atoms with Crippen molar-refractivity contribution in [3.05, 3.63) is 28.8 Å². The van der Waals surface area contributed by atoms with E-state index in [-0.39, 0.29) is 12.2 Å². The molecule has 0 heterocycles. The van der Waals surface area contributed by atoms with Gasteiger partial charge in [0.2, 0.25) is 0 Å². The normalized spacial score (nSPS) is 12.1. The Morgan fingerprint density at radius 3 is 2.38 bits per heavy atom. The van der Waals surface area contributed by atoms with Gasteiger partial charge in [-0.2, -0.15) is 10.5 Å². The second kappa shape index (κ2) is 8.13. The van der Waals surface area contributed by atoms with Crippen molar-refractivity contribution in [2.75, 3.05) is 5.32 Å². The number of amides is 1. The molecule has 1 aromatic rings. The van der Waals surface area contributed by atoms with Crippen LogP contribution >= 0.6 is 0 Å². The van der Waals surface area contributed by atoms with Crippen molar-refractivity contribution in [3.8, 4) is 12.1 Å². The molecule has 0 saturated heterocycles. The van der Waals surface area contributed by atoms with Gasteiger partial charge in [0.15, 0.2) is 0 Å². The summed E-state index contributed by atoms with van der Waals surface area (Å²) in [6, 6.07) is 7.81. The molecule has 0 bridgehead atoms. The predicted molar refractivity (Wildman–Crippen MR) is 100 cm³/mol. The van der Waals surface area contributed by atoms with Crippen molar-refractivity contribution in [1.82, 2.24) is 0 Å². The number of hydrogen-bond acceptors (Lipinski definition) is 4. The summed E-state index contributed by atoms with van der Waals surface area (Å²) >= 11 is 0. The first-order valence-electron chi connectivity index (χ1n) is 7.81. The molecule has 0 saturated carbocycles. The summed E-state index contributed by atoms with van der Waals surface area (Å²) in [6.45, 7) is 6.98. The lowest BCUT2D eigenvalue weighted by Crippen LogP contribution is -2.23. The van der Waals surface area contributed by atoms with Crippen LogP contribution in [0.25, 0.3) is 0 Å². The molecule has 4 N–H and O–H groups in total. The molecule has 0 aromatic heterocycles.